The van der Waals surface area contributed by atoms with Gasteiger partial charge in [0.05, 0.1) is 17.4 Å². The smallest absolute Gasteiger partial charge is 0.253 e. The Labute approximate surface area is 115 Å². The first-order valence-electron chi connectivity index (χ1n) is 7.30. The Kier molecular flexibility index (Phi) is 5.19. The summed E-state index contributed by atoms with van der Waals surface area (Å²) in [4.78, 5) is 16.4. The maximum atomic E-state index is 12.3. The number of carbonyl (C=O) groups is 1. The molecule has 4 heteroatoms. The standard InChI is InChI=1S/C15H23N3O/c1-2-9-17-14-11-16-10-8-13(14)15(19)18-12-6-4-3-5-7-12/h8,10-12,17H,2-7,9H2,1H3,(H,18,19). The summed E-state index contributed by atoms with van der Waals surface area (Å²) >= 11 is 0. The molecular formula is C15H23N3O. The predicted octanol–water partition coefficient (Wildman–Crippen LogP) is 2.97. The van der Waals surface area contributed by atoms with Crippen molar-refractivity contribution < 1.29 is 4.79 Å². The lowest BCUT2D eigenvalue weighted by atomic mass is 9.95. The summed E-state index contributed by atoms with van der Waals surface area (Å²) < 4.78 is 0. The third-order valence-corrected chi connectivity index (χ3v) is 3.57. The van der Waals surface area contributed by atoms with Crippen LogP contribution in [0.15, 0.2) is 18.5 Å². The normalized spacial score (nSPS) is 16.1. The van der Waals surface area contributed by atoms with Crippen LogP contribution in [0, 0.1) is 0 Å². The van der Waals surface area contributed by atoms with Crippen LogP contribution in [-0.4, -0.2) is 23.5 Å². The van der Waals surface area contributed by atoms with Crippen molar-refractivity contribution in [2.75, 3.05) is 11.9 Å². The second kappa shape index (κ2) is 7.12. The molecule has 4 nitrogen and oxygen atoms in total. The fourth-order valence-electron chi connectivity index (χ4n) is 2.50. The van der Waals surface area contributed by atoms with Crippen molar-refractivity contribution in [2.45, 2.75) is 51.5 Å². The minimum absolute atomic E-state index is 0.0212. The topological polar surface area (TPSA) is 54.0 Å². The van der Waals surface area contributed by atoms with Crippen LogP contribution in [0.3, 0.4) is 0 Å². The van der Waals surface area contributed by atoms with Crippen molar-refractivity contribution in [3.63, 3.8) is 0 Å². The molecule has 1 aliphatic carbocycles. The monoisotopic (exact) mass is 261 g/mol. The number of nitrogens with one attached hydrogen (secondary N) is 2. The zero-order valence-corrected chi connectivity index (χ0v) is 11.6. The summed E-state index contributed by atoms with van der Waals surface area (Å²) in [6.45, 7) is 2.96. The van der Waals surface area contributed by atoms with Crippen LogP contribution in [0.25, 0.3) is 0 Å². The van der Waals surface area contributed by atoms with E-state index in [1.165, 1.54) is 19.3 Å². The van der Waals surface area contributed by atoms with Gasteiger partial charge in [0.2, 0.25) is 0 Å². The molecule has 1 heterocycles. The van der Waals surface area contributed by atoms with Gasteiger partial charge in [-0.2, -0.15) is 0 Å². The average molecular weight is 261 g/mol. The summed E-state index contributed by atoms with van der Waals surface area (Å²) in [7, 11) is 0. The van der Waals surface area contributed by atoms with E-state index in [1.54, 1.807) is 18.5 Å². The molecule has 0 bridgehead atoms. The average Bonchev–Trinajstić information content (AvgIpc) is 2.46. The van der Waals surface area contributed by atoms with Gasteiger partial charge in [0, 0.05) is 18.8 Å². The highest BCUT2D eigenvalue weighted by Gasteiger charge is 2.18. The van der Waals surface area contributed by atoms with E-state index in [0.29, 0.717) is 11.6 Å². The Morgan fingerprint density at radius 2 is 2.16 bits per heavy atom. The minimum Gasteiger partial charge on any atom is -0.383 e. The summed E-state index contributed by atoms with van der Waals surface area (Å²) in [5, 5.41) is 6.40. The van der Waals surface area contributed by atoms with Gasteiger partial charge in [-0.3, -0.25) is 9.78 Å². The summed E-state index contributed by atoms with van der Waals surface area (Å²) in [6, 6.07) is 2.13. The van der Waals surface area contributed by atoms with E-state index in [-0.39, 0.29) is 5.91 Å². The highest BCUT2D eigenvalue weighted by Crippen LogP contribution is 2.19. The van der Waals surface area contributed by atoms with E-state index >= 15 is 0 Å². The van der Waals surface area contributed by atoms with Gasteiger partial charge in [-0.05, 0) is 25.3 Å². The maximum Gasteiger partial charge on any atom is 0.253 e. The first-order valence-corrected chi connectivity index (χ1v) is 7.30. The number of rotatable bonds is 5. The molecule has 19 heavy (non-hydrogen) atoms. The molecule has 2 N–H and O–H groups in total. The molecule has 0 atom stereocenters. The van der Waals surface area contributed by atoms with E-state index in [2.05, 4.69) is 22.5 Å². The second-order valence-electron chi connectivity index (χ2n) is 5.16. The molecule has 0 saturated heterocycles. The second-order valence-corrected chi connectivity index (χ2v) is 5.16. The lowest BCUT2D eigenvalue weighted by molar-refractivity contribution is 0.0928. The van der Waals surface area contributed by atoms with Crippen molar-refractivity contribution in [1.29, 1.82) is 0 Å². The predicted molar refractivity (Wildman–Crippen MR) is 77.4 cm³/mol. The van der Waals surface area contributed by atoms with Crippen LogP contribution < -0.4 is 10.6 Å². The fourth-order valence-corrected chi connectivity index (χ4v) is 2.50. The van der Waals surface area contributed by atoms with Crippen LogP contribution in [0.2, 0.25) is 0 Å². The van der Waals surface area contributed by atoms with Crippen LogP contribution in [0.5, 0.6) is 0 Å². The van der Waals surface area contributed by atoms with Gasteiger partial charge < -0.3 is 10.6 Å². The van der Waals surface area contributed by atoms with Gasteiger partial charge in [0.15, 0.2) is 0 Å². The van der Waals surface area contributed by atoms with E-state index < -0.39 is 0 Å². The number of hydrogen-bond acceptors (Lipinski definition) is 3. The van der Waals surface area contributed by atoms with Crippen LogP contribution in [0.4, 0.5) is 5.69 Å². The van der Waals surface area contributed by atoms with Crippen LogP contribution in [-0.2, 0) is 0 Å². The van der Waals surface area contributed by atoms with Crippen molar-refractivity contribution in [3.8, 4) is 0 Å². The molecule has 1 fully saturated rings. The van der Waals surface area contributed by atoms with Gasteiger partial charge in [-0.25, -0.2) is 0 Å². The Bertz CT molecular complexity index is 414. The van der Waals surface area contributed by atoms with Crippen molar-refractivity contribution in [2.24, 2.45) is 0 Å². The highest BCUT2D eigenvalue weighted by atomic mass is 16.1. The minimum atomic E-state index is 0.0212. The van der Waals surface area contributed by atoms with E-state index in [1.807, 2.05) is 0 Å². The summed E-state index contributed by atoms with van der Waals surface area (Å²) in [5.41, 5.74) is 1.53. The molecule has 104 valence electrons. The molecule has 1 aromatic heterocycles. The molecular weight excluding hydrogens is 238 g/mol. The third kappa shape index (κ3) is 3.94. The van der Waals surface area contributed by atoms with E-state index in [9.17, 15) is 4.79 Å². The number of anilines is 1. The summed E-state index contributed by atoms with van der Waals surface area (Å²) in [6.07, 6.45) is 10.4. The number of nitrogens with zero attached hydrogens (tertiary/aromatic N) is 1. The SMILES string of the molecule is CCCNc1cnccc1C(=O)NC1CCCCC1. The first kappa shape index (κ1) is 13.8. The number of hydrogen-bond donors (Lipinski definition) is 2. The molecule has 1 amide bonds. The molecule has 0 aromatic carbocycles. The Morgan fingerprint density at radius 1 is 1.37 bits per heavy atom. The van der Waals surface area contributed by atoms with E-state index in [0.717, 1.165) is 31.5 Å². The maximum absolute atomic E-state index is 12.3. The lowest BCUT2D eigenvalue weighted by Gasteiger charge is -2.23. The number of amides is 1. The number of aromatic nitrogens is 1. The Hall–Kier alpha value is -1.58. The summed E-state index contributed by atoms with van der Waals surface area (Å²) in [5.74, 6) is 0.0212. The highest BCUT2D eigenvalue weighted by molar-refractivity contribution is 5.99. The van der Waals surface area contributed by atoms with Crippen LogP contribution >= 0.6 is 0 Å². The van der Waals surface area contributed by atoms with Gasteiger partial charge >= 0.3 is 0 Å². The molecule has 1 aliphatic rings. The van der Waals surface area contributed by atoms with E-state index in [4.69, 9.17) is 0 Å². The molecule has 0 aliphatic heterocycles. The Balaban J connectivity index is 2.00. The van der Waals surface area contributed by atoms with Crippen LogP contribution in [0.1, 0.15) is 55.8 Å². The largest absolute Gasteiger partial charge is 0.383 e. The molecule has 1 saturated carbocycles. The third-order valence-electron chi connectivity index (χ3n) is 3.57. The molecule has 1 aromatic rings. The first-order chi connectivity index (χ1) is 9.31. The van der Waals surface area contributed by atoms with Gasteiger partial charge in [0.25, 0.3) is 5.91 Å². The van der Waals surface area contributed by atoms with Gasteiger partial charge in [-0.1, -0.05) is 26.2 Å². The van der Waals surface area contributed by atoms with Crippen molar-refractivity contribution in [1.82, 2.24) is 10.3 Å². The molecule has 0 radical (unpaired) electrons. The molecule has 0 unspecified atom stereocenters. The molecule has 2 rings (SSSR count). The quantitative estimate of drug-likeness (QED) is 0.856. The van der Waals surface area contributed by atoms with Crippen molar-refractivity contribution >= 4 is 11.6 Å². The molecule has 0 spiro atoms. The number of carbonyl (C=O) groups excluding carboxylic acids is 1. The Morgan fingerprint density at radius 3 is 2.89 bits per heavy atom. The number of pyridine rings is 1. The lowest BCUT2D eigenvalue weighted by Crippen LogP contribution is -2.36. The van der Waals surface area contributed by atoms with Crippen molar-refractivity contribution in [3.05, 3.63) is 24.0 Å². The zero-order valence-electron chi connectivity index (χ0n) is 11.6. The fraction of sp³-hybridized carbons (Fsp3) is 0.600. The zero-order chi connectivity index (χ0) is 13.5. The van der Waals surface area contributed by atoms with Gasteiger partial charge in [-0.15, -0.1) is 0 Å². The van der Waals surface area contributed by atoms with Gasteiger partial charge in [0.1, 0.15) is 0 Å².